The van der Waals surface area contributed by atoms with Crippen molar-refractivity contribution in [3.8, 4) is 0 Å². The van der Waals surface area contributed by atoms with Gasteiger partial charge in [-0.15, -0.1) is 0 Å². The van der Waals surface area contributed by atoms with E-state index in [1.165, 1.54) is 0 Å². The Labute approximate surface area is 109 Å². The number of nitrogens with zero attached hydrogens (tertiary/aromatic N) is 3. The lowest BCUT2D eigenvalue weighted by molar-refractivity contribution is 0.0809. The van der Waals surface area contributed by atoms with Crippen LogP contribution in [0.2, 0.25) is 0 Å². The maximum atomic E-state index is 6.05. The van der Waals surface area contributed by atoms with Crippen molar-refractivity contribution in [3.63, 3.8) is 0 Å². The molecule has 1 saturated heterocycles. The van der Waals surface area contributed by atoms with Crippen LogP contribution in [-0.2, 0) is 18.3 Å². The van der Waals surface area contributed by atoms with Gasteiger partial charge in [-0.25, -0.2) is 4.98 Å². The Balaban J connectivity index is 2.08. The van der Waals surface area contributed by atoms with Crippen molar-refractivity contribution in [2.75, 3.05) is 26.8 Å². The van der Waals surface area contributed by atoms with Crippen LogP contribution >= 0.6 is 0 Å². The number of rotatable bonds is 4. The van der Waals surface area contributed by atoms with Gasteiger partial charge in [0, 0.05) is 44.7 Å². The molecule has 2 rings (SSSR count). The lowest BCUT2D eigenvalue weighted by Gasteiger charge is -2.40. The first-order valence-corrected chi connectivity index (χ1v) is 6.63. The van der Waals surface area contributed by atoms with Gasteiger partial charge in [-0.1, -0.05) is 0 Å². The molecule has 2 heterocycles. The molecule has 5 heteroatoms. The van der Waals surface area contributed by atoms with Crippen LogP contribution in [0.5, 0.6) is 0 Å². The molecule has 102 valence electrons. The predicted molar refractivity (Wildman–Crippen MR) is 71.1 cm³/mol. The molecule has 0 spiro atoms. The average Bonchev–Trinajstić information content (AvgIpc) is 2.66. The zero-order chi connectivity index (χ0) is 13.0. The highest BCUT2D eigenvalue weighted by Crippen LogP contribution is 2.27. The first kappa shape index (κ1) is 13.5. The average molecular weight is 252 g/mol. The maximum Gasteiger partial charge on any atom is 0.122 e. The minimum Gasteiger partial charge on any atom is -0.381 e. The van der Waals surface area contributed by atoms with Gasteiger partial charge in [0.2, 0.25) is 0 Å². The third-order valence-electron chi connectivity index (χ3n) is 4.13. The number of likely N-dealkylation sites (N-methyl/N-ethyl adjacent to an activating group) is 1. The number of hydrogen-bond donors (Lipinski definition) is 1. The largest absolute Gasteiger partial charge is 0.381 e. The molecule has 0 bridgehead atoms. The van der Waals surface area contributed by atoms with Crippen LogP contribution in [-0.4, -0.2) is 46.8 Å². The van der Waals surface area contributed by atoms with Gasteiger partial charge >= 0.3 is 0 Å². The SMILES string of the molecule is CN(Cc1nccn1C)C1(CN)CCCOCC1. The van der Waals surface area contributed by atoms with Crippen molar-refractivity contribution in [1.29, 1.82) is 0 Å². The van der Waals surface area contributed by atoms with Crippen LogP contribution in [0.4, 0.5) is 0 Å². The molecule has 2 N–H and O–H groups in total. The molecule has 0 aromatic carbocycles. The summed E-state index contributed by atoms with van der Waals surface area (Å²) < 4.78 is 7.62. The van der Waals surface area contributed by atoms with Gasteiger partial charge < -0.3 is 15.0 Å². The van der Waals surface area contributed by atoms with Crippen LogP contribution in [0.25, 0.3) is 0 Å². The minimum atomic E-state index is 0.0580. The molecule has 5 nitrogen and oxygen atoms in total. The van der Waals surface area contributed by atoms with Gasteiger partial charge in [0.05, 0.1) is 6.54 Å². The molecule has 1 aliphatic rings. The summed E-state index contributed by atoms with van der Waals surface area (Å²) in [5, 5.41) is 0. The van der Waals surface area contributed by atoms with Crippen LogP contribution in [0.15, 0.2) is 12.4 Å². The standard InChI is InChI=1S/C13H24N4O/c1-16-7-6-15-12(16)10-17(2)13(11-14)4-3-8-18-9-5-13/h6-7H,3-5,8-11,14H2,1-2H3. The number of imidazole rings is 1. The van der Waals surface area contributed by atoms with E-state index in [1.807, 2.05) is 19.4 Å². The molecular weight excluding hydrogens is 228 g/mol. The highest BCUT2D eigenvalue weighted by molar-refractivity contribution is 4.97. The third-order valence-corrected chi connectivity index (χ3v) is 4.13. The van der Waals surface area contributed by atoms with Crippen LogP contribution in [0.1, 0.15) is 25.1 Å². The van der Waals surface area contributed by atoms with E-state index in [1.54, 1.807) is 0 Å². The fourth-order valence-electron chi connectivity index (χ4n) is 2.66. The summed E-state index contributed by atoms with van der Waals surface area (Å²) in [5.41, 5.74) is 6.11. The van der Waals surface area contributed by atoms with Crippen molar-refractivity contribution in [2.45, 2.75) is 31.3 Å². The van der Waals surface area contributed by atoms with Gasteiger partial charge in [0.25, 0.3) is 0 Å². The van der Waals surface area contributed by atoms with Gasteiger partial charge in [0.15, 0.2) is 0 Å². The summed E-state index contributed by atoms with van der Waals surface area (Å²) in [6.07, 6.45) is 7.01. The van der Waals surface area contributed by atoms with Crippen LogP contribution < -0.4 is 5.73 Å². The fourth-order valence-corrected chi connectivity index (χ4v) is 2.66. The van der Waals surface area contributed by atoms with Crippen molar-refractivity contribution < 1.29 is 4.74 Å². The first-order chi connectivity index (χ1) is 8.68. The Bertz CT molecular complexity index is 369. The molecule has 0 aliphatic carbocycles. The summed E-state index contributed by atoms with van der Waals surface area (Å²) in [6.45, 7) is 3.18. The molecule has 1 aromatic rings. The van der Waals surface area contributed by atoms with Gasteiger partial charge in [0.1, 0.15) is 5.82 Å². The smallest absolute Gasteiger partial charge is 0.122 e. The topological polar surface area (TPSA) is 56.3 Å². The minimum absolute atomic E-state index is 0.0580. The second-order valence-corrected chi connectivity index (χ2v) is 5.20. The van der Waals surface area contributed by atoms with E-state index in [4.69, 9.17) is 10.5 Å². The van der Waals surface area contributed by atoms with Crippen LogP contribution in [0.3, 0.4) is 0 Å². The Hall–Kier alpha value is -0.910. The highest BCUT2D eigenvalue weighted by Gasteiger charge is 2.34. The van der Waals surface area contributed by atoms with E-state index in [0.717, 1.165) is 44.8 Å². The molecular formula is C13H24N4O. The van der Waals surface area contributed by atoms with E-state index in [0.29, 0.717) is 6.54 Å². The lowest BCUT2D eigenvalue weighted by atomic mass is 9.89. The van der Waals surface area contributed by atoms with Gasteiger partial charge in [-0.2, -0.15) is 0 Å². The van der Waals surface area contributed by atoms with Gasteiger partial charge in [-0.05, 0) is 26.3 Å². The number of aryl methyl sites for hydroxylation is 1. The first-order valence-electron chi connectivity index (χ1n) is 6.63. The van der Waals surface area contributed by atoms with E-state index in [9.17, 15) is 0 Å². The second-order valence-electron chi connectivity index (χ2n) is 5.20. The predicted octanol–water partition coefficient (Wildman–Crippen LogP) is 0.750. The Morgan fingerprint density at radius 3 is 3.00 bits per heavy atom. The molecule has 1 fully saturated rings. The molecule has 1 atom stereocenters. The zero-order valence-electron chi connectivity index (χ0n) is 11.4. The Morgan fingerprint density at radius 1 is 1.50 bits per heavy atom. The van der Waals surface area contributed by atoms with Crippen molar-refractivity contribution in [3.05, 3.63) is 18.2 Å². The Kier molecular flexibility index (Phi) is 4.37. The van der Waals surface area contributed by atoms with E-state index in [-0.39, 0.29) is 5.54 Å². The normalized spacial score (nSPS) is 25.3. The molecule has 0 saturated carbocycles. The summed E-state index contributed by atoms with van der Waals surface area (Å²) >= 11 is 0. The highest BCUT2D eigenvalue weighted by atomic mass is 16.5. The van der Waals surface area contributed by atoms with Crippen molar-refractivity contribution in [1.82, 2.24) is 14.5 Å². The van der Waals surface area contributed by atoms with Gasteiger partial charge in [-0.3, -0.25) is 4.90 Å². The molecule has 1 aromatic heterocycles. The lowest BCUT2D eigenvalue weighted by Crippen LogP contribution is -2.52. The molecule has 1 unspecified atom stereocenters. The van der Waals surface area contributed by atoms with E-state index >= 15 is 0 Å². The molecule has 18 heavy (non-hydrogen) atoms. The second kappa shape index (κ2) is 5.82. The fraction of sp³-hybridized carbons (Fsp3) is 0.769. The number of aromatic nitrogens is 2. The summed E-state index contributed by atoms with van der Waals surface area (Å²) in [4.78, 5) is 6.74. The third kappa shape index (κ3) is 2.74. The monoisotopic (exact) mass is 252 g/mol. The summed E-state index contributed by atoms with van der Waals surface area (Å²) in [7, 11) is 4.17. The Morgan fingerprint density at radius 2 is 2.33 bits per heavy atom. The zero-order valence-corrected chi connectivity index (χ0v) is 11.4. The molecule has 0 amide bonds. The summed E-state index contributed by atoms with van der Waals surface area (Å²) in [5.74, 6) is 1.08. The molecule has 1 aliphatic heterocycles. The quantitative estimate of drug-likeness (QED) is 0.859. The van der Waals surface area contributed by atoms with E-state index < -0.39 is 0 Å². The summed E-state index contributed by atoms with van der Waals surface area (Å²) in [6, 6.07) is 0. The molecule has 0 radical (unpaired) electrons. The number of ether oxygens (including phenoxy) is 1. The van der Waals surface area contributed by atoms with E-state index in [2.05, 4.69) is 21.5 Å². The number of hydrogen-bond acceptors (Lipinski definition) is 4. The number of nitrogens with two attached hydrogens (primary N) is 1. The van der Waals surface area contributed by atoms with Crippen molar-refractivity contribution >= 4 is 0 Å². The van der Waals surface area contributed by atoms with Crippen LogP contribution in [0, 0.1) is 0 Å². The maximum absolute atomic E-state index is 6.05. The van der Waals surface area contributed by atoms with Crippen molar-refractivity contribution in [2.24, 2.45) is 12.8 Å².